The van der Waals surface area contributed by atoms with Gasteiger partial charge in [-0.15, -0.1) is 0 Å². The van der Waals surface area contributed by atoms with Crippen molar-refractivity contribution < 1.29 is 8.42 Å². The molecule has 0 saturated carbocycles. The molecule has 1 fully saturated rings. The molecule has 0 spiro atoms. The van der Waals surface area contributed by atoms with E-state index < -0.39 is 10.0 Å². The number of hydrogen-bond donors (Lipinski definition) is 2. The Morgan fingerprint density at radius 2 is 2.41 bits per heavy atom. The lowest BCUT2D eigenvalue weighted by atomic mass is 10.1. The smallest absolute Gasteiger partial charge is 0.246 e. The highest BCUT2D eigenvalue weighted by Gasteiger charge is 2.33. The summed E-state index contributed by atoms with van der Waals surface area (Å²) in [6, 6.07) is 0.0497. The van der Waals surface area contributed by atoms with E-state index in [1.807, 2.05) is 7.05 Å². The molecule has 0 amide bonds. The van der Waals surface area contributed by atoms with Gasteiger partial charge in [-0.1, -0.05) is 6.42 Å². The number of hydrogen-bond acceptors (Lipinski definition) is 4. The number of piperidine rings is 1. The fourth-order valence-corrected chi connectivity index (χ4v) is 3.85. The standard InChI is InChI=1S/C10H18N4O2S/c1-11-6-9-4-2-3-5-14(9)17(15,16)10-7-12-13-8-10/h7-9,11H,2-6H2,1H3,(H,12,13). The van der Waals surface area contributed by atoms with Crippen LogP contribution in [0.2, 0.25) is 0 Å². The summed E-state index contributed by atoms with van der Waals surface area (Å²) in [4.78, 5) is 0.250. The molecule has 2 rings (SSSR count). The van der Waals surface area contributed by atoms with Crippen molar-refractivity contribution in [3.05, 3.63) is 12.4 Å². The first-order chi connectivity index (χ1) is 8.16. The van der Waals surface area contributed by atoms with Gasteiger partial charge in [-0.25, -0.2) is 8.42 Å². The molecule has 1 aromatic rings. The molecule has 0 aliphatic carbocycles. The number of nitrogens with one attached hydrogen (secondary N) is 2. The molecule has 1 unspecified atom stereocenters. The van der Waals surface area contributed by atoms with Crippen LogP contribution in [0.1, 0.15) is 19.3 Å². The van der Waals surface area contributed by atoms with E-state index in [0.717, 1.165) is 19.3 Å². The lowest BCUT2D eigenvalue weighted by molar-refractivity contribution is 0.249. The molecule has 2 heterocycles. The summed E-state index contributed by atoms with van der Waals surface area (Å²) in [6.07, 6.45) is 5.72. The largest absolute Gasteiger partial charge is 0.318 e. The van der Waals surface area contributed by atoms with Crippen molar-refractivity contribution in [1.82, 2.24) is 19.8 Å². The number of likely N-dealkylation sites (N-methyl/N-ethyl adjacent to an activating group) is 1. The monoisotopic (exact) mass is 258 g/mol. The van der Waals surface area contributed by atoms with E-state index in [-0.39, 0.29) is 10.9 Å². The van der Waals surface area contributed by atoms with Crippen LogP contribution in [-0.2, 0) is 10.0 Å². The van der Waals surface area contributed by atoms with Crippen LogP contribution in [0, 0.1) is 0 Å². The van der Waals surface area contributed by atoms with Gasteiger partial charge in [0.25, 0.3) is 0 Å². The molecule has 7 heteroatoms. The summed E-state index contributed by atoms with van der Waals surface area (Å²) < 4.78 is 26.3. The van der Waals surface area contributed by atoms with E-state index in [9.17, 15) is 8.42 Å². The summed E-state index contributed by atoms with van der Waals surface area (Å²) in [5, 5.41) is 9.31. The van der Waals surface area contributed by atoms with Crippen molar-refractivity contribution in [3.63, 3.8) is 0 Å². The maximum absolute atomic E-state index is 12.4. The molecule has 17 heavy (non-hydrogen) atoms. The summed E-state index contributed by atoms with van der Waals surface area (Å²) >= 11 is 0. The van der Waals surface area contributed by atoms with Gasteiger partial charge in [0.15, 0.2) is 0 Å². The highest BCUT2D eigenvalue weighted by atomic mass is 32.2. The molecule has 0 aromatic carbocycles. The Hall–Kier alpha value is -0.920. The molecular weight excluding hydrogens is 240 g/mol. The zero-order valence-corrected chi connectivity index (χ0v) is 10.7. The minimum absolute atomic E-state index is 0.0497. The topological polar surface area (TPSA) is 78.1 Å². The summed E-state index contributed by atoms with van der Waals surface area (Å²) in [7, 11) is -1.55. The zero-order chi connectivity index (χ0) is 12.3. The van der Waals surface area contributed by atoms with Gasteiger partial charge in [-0.05, 0) is 19.9 Å². The second-order valence-corrected chi connectivity index (χ2v) is 6.15. The highest BCUT2D eigenvalue weighted by Crippen LogP contribution is 2.24. The molecule has 6 nitrogen and oxygen atoms in total. The average molecular weight is 258 g/mol. The van der Waals surface area contributed by atoms with E-state index >= 15 is 0 Å². The number of aromatic nitrogens is 2. The van der Waals surface area contributed by atoms with Gasteiger partial charge in [0.2, 0.25) is 10.0 Å². The van der Waals surface area contributed by atoms with Gasteiger partial charge in [0.1, 0.15) is 4.90 Å². The summed E-state index contributed by atoms with van der Waals surface area (Å²) in [5.41, 5.74) is 0. The quantitative estimate of drug-likeness (QED) is 0.807. The maximum atomic E-state index is 12.4. The molecule has 1 saturated heterocycles. The van der Waals surface area contributed by atoms with Crippen LogP contribution in [0.25, 0.3) is 0 Å². The van der Waals surface area contributed by atoms with Crippen LogP contribution in [0.4, 0.5) is 0 Å². The Labute approximate surface area is 101 Å². The van der Waals surface area contributed by atoms with Crippen LogP contribution >= 0.6 is 0 Å². The van der Waals surface area contributed by atoms with Gasteiger partial charge in [-0.3, -0.25) is 5.10 Å². The Bertz CT molecular complexity index is 441. The Morgan fingerprint density at radius 1 is 1.59 bits per heavy atom. The van der Waals surface area contributed by atoms with E-state index in [0.29, 0.717) is 13.1 Å². The molecular formula is C10H18N4O2S. The minimum atomic E-state index is -3.39. The molecule has 1 aliphatic heterocycles. The van der Waals surface area contributed by atoms with Crippen LogP contribution in [-0.4, -0.2) is 49.1 Å². The van der Waals surface area contributed by atoms with Crippen molar-refractivity contribution >= 4 is 10.0 Å². The first kappa shape index (κ1) is 12.5. The highest BCUT2D eigenvalue weighted by molar-refractivity contribution is 7.89. The van der Waals surface area contributed by atoms with Gasteiger partial charge >= 0.3 is 0 Å². The number of aromatic amines is 1. The lowest BCUT2D eigenvalue weighted by Crippen LogP contribution is -2.47. The lowest BCUT2D eigenvalue weighted by Gasteiger charge is -2.34. The Balaban J connectivity index is 2.24. The Morgan fingerprint density at radius 3 is 3.06 bits per heavy atom. The van der Waals surface area contributed by atoms with E-state index in [2.05, 4.69) is 15.5 Å². The second kappa shape index (κ2) is 5.16. The zero-order valence-electron chi connectivity index (χ0n) is 9.89. The normalized spacial score (nSPS) is 22.8. The number of rotatable bonds is 4. The van der Waals surface area contributed by atoms with E-state index in [4.69, 9.17) is 0 Å². The van der Waals surface area contributed by atoms with Crippen LogP contribution in [0.5, 0.6) is 0 Å². The van der Waals surface area contributed by atoms with Crippen molar-refractivity contribution in [3.8, 4) is 0 Å². The average Bonchev–Trinajstić information content (AvgIpc) is 2.84. The van der Waals surface area contributed by atoms with Crippen molar-refractivity contribution in [1.29, 1.82) is 0 Å². The number of nitrogens with zero attached hydrogens (tertiary/aromatic N) is 2. The first-order valence-corrected chi connectivity index (χ1v) is 7.25. The van der Waals surface area contributed by atoms with Crippen LogP contribution in [0.15, 0.2) is 17.3 Å². The van der Waals surface area contributed by atoms with Gasteiger partial charge in [0.05, 0.1) is 6.20 Å². The first-order valence-electron chi connectivity index (χ1n) is 5.81. The fourth-order valence-electron chi connectivity index (χ4n) is 2.25. The second-order valence-electron chi connectivity index (χ2n) is 4.26. The molecule has 1 aromatic heterocycles. The molecule has 0 radical (unpaired) electrons. The van der Waals surface area contributed by atoms with Gasteiger partial charge in [-0.2, -0.15) is 9.40 Å². The summed E-state index contributed by atoms with van der Waals surface area (Å²) in [6.45, 7) is 1.29. The van der Waals surface area contributed by atoms with Crippen molar-refractivity contribution in [2.45, 2.75) is 30.2 Å². The Kier molecular flexibility index (Phi) is 3.80. The van der Waals surface area contributed by atoms with Crippen LogP contribution in [0.3, 0.4) is 0 Å². The minimum Gasteiger partial charge on any atom is -0.318 e. The third-order valence-electron chi connectivity index (χ3n) is 3.09. The predicted octanol–water partition coefficient (Wildman–Crippen LogP) is 0.172. The van der Waals surface area contributed by atoms with Crippen molar-refractivity contribution in [2.75, 3.05) is 20.1 Å². The van der Waals surface area contributed by atoms with Gasteiger partial charge < -0.3 is 5.32 Å². The third kappa shape index (κ3) is 2.51. The van der Waals surface area contributed by atoms with Crippen LogP contribution < -0.4 is 5.32 Å². The molecule has 96 valence electrons. The number of sulfonamides is 1. The molecule has 2 N–H and O–H groups in total. The fraction of sp³-hybridized carbons (Fsp3) is 0.700. The van der Waals surface area contributed by atoms with Gasteiger partial charge in [0, 0.05) is 25.3 Å². The van der Waals surface area contributed by atoms with E-state index in [1.54, 1.807) is 4.31 Å². The van der Waals surface area contributed by atoms with E-state index in [1.165, 1.54) is 12.4 Å². The number of H-pyrrole nitrogens is 1. The van der Waals surface area contributed by atoms with Crippen molar-refractivity contribution in [2.24, 2.45) is 0 Å². The molecule has 1 aliphatic rings. The predicted molar refractivity (Wildman–Crippen MR) is 64.0 cm³/mol. The SMILES string of the molecule is CNCC1CCCCN1S(=O)(=O)c1cn[nH]c1. The third-order valence-corrected chi connectivity index (χ3v) is 5.01. The molecule has 1 atom stereocenters. The summed E-state index contributed by atoms with van der Waals surface area (Å²) in [5.74, 6) is 0. The molecule has 0 bridgehead atoms. The maximum Gasteiger partial charge on any atom is 0.246 e.